The second-order valence-corrected chi connectivity index (χ2v) is 6.37. The summed E-state index contributed by atoms with van der Waals surface area (Å²) in [6.07, 6.45) is 0. The van der Waals surface area contributed by atoms with Crippen molar-refractivity contribution in [3.8, 4) is 28.3 Å². The molecule has 0 aliphatic heterocycles. The van der Waals surface area contributed by atoms with E-state index in [9.17, 15) is 15.4 Å². The lowest BCUT2D eigenvalue weighted by Gasteiger charge is -2.14. The Labute approximate surface area is 161 Å². The third-order valence-electron chi connectivity index (χ3n) is 4.80. The third-order valence-corrected chi connectivity index (χ3v) is 4.80. The van der Waals surface area contributed by atoms with Crippen LogP contribution in [0.25, 0.3) is 33.0 Å². The van der Waals surface area contributed by atoms with Crippen molar-refractivity contribution in [1.29, 1.82) is 5.26 Å². The van der Waals surface area contributed by atoms with Crippen molar-refractivity contribution in [3.63, 3.8) is 0 Å². The Kier molecular flexibility index (Phi) is 4.23. The smallest absolute Gasteiger partial charge is 0.301 e. The molecule has 0 radical (unpaired) electrons. The van der Waals surface area contributed by atoms with Gasteiger partial charge >= 0.3 is 5.69 Å². The molecule has 28 heavy (non-hydrogen) atoms. The first-order valence-electron chi connectivity index (χ1n) is 8.66. The summed E-state index contributed by atoms with van der Waals surface area (Å²) in [4.78, 5) is 11.2. The average Bonchev–Trinajstić information content (AvgIpc) is 2.73. The predicted molar refractivity (Wildman–Crippen MR) is 111 cm³/mol. The van der Waals surface area contributed by atoms with Crippen LogP contribution in [-0.2, 0) is 0 Å². The zero-order valence-electron chi connectivity index (χ0n) is 14.8. The summed E-state index contributed by atoms with van der Waals surface area (Å²) in [5.74, 6) is 0. The highest BCUT2D eigenvalue weighted by Gasteiger charge is 2.26. The van der Waals surface area contributed by atoms with E-state index in [4.69, 9.17) is 5.73 Å². The van der Waals surface area contributed by atoms with E-state index < -0.39 is 4.92 Å². The first kappa shape index (κ1) is 17.3. The van der Waals surface area contributed by atoms with Crippen molar-refractivity contribution in [2.24, 2.45) is 0 Å². The first-order valence-corrected chi connectivity index (χ1v) is 8.66. The Morgan fingerprint density at radius 1 is 0.857 bits per heavy atom. The third kappa shape index (κ3) is 2.74. The minimum absolute atomic E-state index is 0.114. The van der Waals surface area contributed by atoms with Crippen LogP contribution < -0.4 is 5.73 Å². The lowest BCUT2D eigenvalue weighted by Crippen LogP contribution is -2.03. The Balaban J connectivity index is 2.13. The van der Waals surface area contributed by atoms with Gasteiger partial charge in [-0.05, 0) is 28.0 Å². The molecule has 2 N–H and O–H groups in total. The van der Waals surface area contributed by atoms with E-state index in [2.05, 4.69) is 6.07 Å². The molecule has 0 saturated carbocycles. The van der Waals surface area contributed by atoms with Gasteiger partial charge in [0.2, 0.25) is 0 Å². The van der Waals surface area contributed by atoms with Crippen molar-refractivity contribution in [1.82, 2.24) is 0 Å². The van der Waals surface area contributed by atoms with E-state index >= 15 is 0 Å². The van der Waals surface area contributed by atoms with Crippen LogP contribution in [0.15, 0.2) is 78.9 Å². The zero-order valence-corrected chi connectivity index (χ0v) is 14.8. The topological polar surface area (TPSA) is 92.9 Å². The normalized spacial score (nSPS) is 10.5. The van der Waals surface area contributed by atoms with Crippen molar-refractivity contribution in [2.75, 3.05) is 5.73 Å². The highest BCUT2D eigenvalue weighted by Crippen LogP contribution is 2.43. The van der Waals surface area contributed by atoms with Gasteiger partial charge in [0, 0.05) is 5.56 Å². The predicted octanol–water partition coefficient (Wildman–Crippen LogP) is 5.54. The number of nitro groups is 1. The largest absolute Gasteiger partial charge is 0.392 e. The molecular weight excluding hydrogens is 350 g/mol. The molecule has 5 heteroatoms. The molecule has 0 spiro atoms. The van der Waals surface area contributed by atoms with Gasteiger partial charge in [-0.3, -0.25) is 10.1 Å². The lowest BCUT2D eigenvalue weighted by atomic mass is 9.89. The maximum Gasteiger partial charge on any atom is 0.301 e. The van der Waals surface area contributed by atoms with Crippen LogP contribution in [0.3, 0.4) is 0 Å². The molecule has 0 aromatic heterocycles. The summed E-state index contributed by atoms with van der Waals surface area (Å²) in [7, 11) is 0. The molecule has 5 nitrogen and oxygen atoms in total. The standard InChI is InChI=1S/C23H15N3O2/c24-14-21-20(18-12-6-10-15-9-4-5-11-17(15)18)13-19(16-7-2-1-3-8-16)23(22(21)25)26(27)28/h1-13H,25H2. The van der Waals surface area contributed by atoms with Gasteiger partial charge in [0.1, 0.15) is 11.8 Å². The number of fused-ring (bicyclic) bond motifs is 1. The Hall–Kier alpha value is -4.17. The maximum atomic E-state index is 11.8. The zero-order chi connectivity index (χ0) is 19.7. The molecule has 4 aromatic carbocycles. The van der Waals surface area contributed by atoms with Gasteiger partial charge in [0.05, 0.1) is 16.1 Å². The van der Waals surface area contributed by atoms with Crippen molar-refractivity contribution in [3.05, 3.63) is 94.5 Å². The molecule has 0 fully saturated rings. The highest BCUT2D eigenvalue weighted by atomic mass is 16.6. The number of rotatable bonds is 3. The number of hydrogen-bond donors (Lipinski definition) is 1. The number of nitrogens with two attached hydrogens (primary N) is 1. The fraction of sp³-hybridized carbons (Fsp3) is 0. The summed E-state index contributed by atoms with van der Waals surface area (Å²) >= 11 is 0. The molecule has 0 aliphatic rings. The SMILES string of the molecule is N#Cc1c(-c2cccc3ccccc23)cc(-c2ccccc2)c([N+](=O)[O-])c1N. The number of nitro benzene ring substituents is 1. The molecule has 0 saturated heterocycles. The number of nitrogen functional groups attached to an aromatic ring is 1. The van der Waals surface area contributed by atoms with Crippen LogP contribution in [0.1, 0.15) is 5.56 Å². The lowest BCUT2D eigenvalue weighted by molar-refractivity contribution is -0.383. The van der Waals surface area contributed by atoms with E-state index in [0.29, 0.717) is 16.7 Å². The van der Waals surface area contributed by atoms with E-state index in [1.165, 1.54) is 0 Å². The number of anilines is 1. The molecule has 0 heterocycles. The fourth-order valence-corrected chi connectivity index (χ4v) is 3.52. The molecule has 4 rings (SSSR count). The Morgan fingerprint density at radius 2 is 1.54 bits per heavy atom. The molecule has 0 atom stereocenters. The van der Waals surface area contributed by atoms with E-state index in [1.807, 2.05) is 60.7 Å². The van der Waals surface area contributed by atoms with Crippen molar-refractivity contribution >= 4 is 22.1 Å². The average molecular weight is 365 g/mol. The summed E-state index contributed by atoms with van der Waals surface area (Å²) < 4.78 is 0. The van der Waals surface area contributed by atoms with Gasteiger partial charge in [-0.1, -0.05) is 72.8 Å². The van der Waals surface area contributed by atoms with Gasteiger partial charge in [-0.2, -0.15) is 5.26 Å². The van der Waals surface area contributed by atoms with Crippen LogP contribution in [0.2, 0.25) is 0 Å². The minimum atomic E-state index is -0.522. The second kappa shape index (κ2) is 6.86. The minimum Gasteiger partial charge on any atom is -0.392 e. The monoisotopic (exact) mass is 365 g/mol. The first-order chi connectivity index (χ1) is 13.6. The molecule has 0 aliphatic carbocycles. The van der Waals surface area contributed by atoms with Gasteiger partial charge < -0.3 is 5.73 Å². The molecule has 0 unspecified atom stereocenters. The Bertz CT molecular complexity index is 1250. The van der Waals surface area contributed by atoms with Crippen LogP contribution >= 0.6 is 0 Å². The Morgan fingerprint density at radius 3 is 2.25 bits per heavy atom. The summed E-state index contributed by atoms with van der Waals surface area (Å²) in [5.41, 5.74) is 8.37. The summed E-state index contributed by atoms with van der Waals surface area (Å²) in [5, 5.41) is 23.5. The quantitative estimate of drug-likeness (QED) is 0.293. The molecule has 0 bridgehead atoms. The number of nitriles is 1. The van der Waals surface area contributed by atoms with Gasteiger partial charge in [-0.25, -0.2) is 0 Å². The van der Waals surface area contributed by atoms with Gasteiger partial charge in [0.15, 0.2) is 0 Å². The number of nitrogens with zero attached hydrogens (tertiary/aromatic N) is 2. The summed E-state index contributed by atoms with van der Waals surface area (Å²) in [6, 6.07) is 26.4. The van der Waals surface area contributed by atoms with Crippen LogP contribution in [0.4, 0.5) is 11.4 Å². The van der Waals surface area contributed by atoms with E-state index in [1.54, 1.807) is 18.2 Å². The molecule has 0 amide bonds. The molecular formula is C23H15N3O2. The van der Waals surface area contributed by atoms with Gasteiger partial charge in [0.25, 0.3) is 0 Å². The fourth-order valence-electron chi connectivity index (χ4n) is 3.52. The summed E-state index contributed by atoms with van der Waals surface area (Å²) in [6.45, 7) is 0. The highest BCUT2D eigenvalue weighted by molar-refractivity contribution is 6.01. The van der Waals surface area contributed by atoms with Crippen molar-refractivity contribution < 1.29 is 4.92 Å². The van der Waals surface area contributed by atoms with E-state index in [-0.39, 0.29) is 16.9 Å². The molecule has 134 valence electrons. The van der Waals surface area contributed by atoms with E-state index in [0.717, 1.165) is 16.3 Å². The second-order valence-electron chi connectivity index (χ2n) is 6.37. The maximum absolute atomic E-state index is 11.8. The van der Waals surface area contributed by atoms with Crippen LogP contribution in [0, 0.1) is 21.4 Å². The van der Waals surface area contributed by atoms with Crippen LogP contribution in [0.5, 0.6) is 0 Å². The molecule has 4 aromatic rings. The van der Waals surface area contributed by atoms with Crippen LogP contribution in [-0.4, -0.2) is 4.92 Å². The van der Waals surface area contributed by atoms with Crippen molar-refractivity contribution in [2.45, 2.75) is 0 Å². The van der Waals surface area contributed by atoms with Gasteiger partial charge in [-0.15, -0.1) is 0 Å². The number of benzene rings is 4. The number of hydrogen-bond acceptors (Lipinski definition) is 4.